The van der Waals surface area contributed by atoms with Gasteiger partial charge in [-0.2, -0.15) is 0 Å². The fourth-order valence-corrected chi connectivity index (χ4v) is 3.05. The highest BCUT2D eigenvalue weighted by Crippen LogP contribution is 2.35. The third-order valence-corrected chi connectivity index (χ3v) is 4.41. The summed E-state index contributed by atoms with van der Waals surface area (Å²) in [4.78, 5) is 0. The van der Waals surface area contributed by atoms with E-state index in [0.29, 0.717) is 16.5 Å². The Morgan fingerprint density at radius 3 is 2.04 bits per heavy atom. The summed E-state index contributed by atoms with van der Waals surface area (Å²) < 4.78 is 0. The van der Waals surface area contributed by atoms with Crippen LogP contribution in [0.5, 0.6) is 0 Å². The molecule has 3 rings (SSSR count). The number of rotatable bonds is 4. The zero-order valence-electron chi connectivity index (χ0n) is 12.4. The predicted molar refractivity (Wildman–Crippen MR) is 96.0 cm³/mol. The van der Waals surface area contributed by atoms with Gasteiger partial charge in [-0.05, 0) is 41.0 Å². The molecule has 1 atom stereocenters. The molecule has 3 aromatic carbocycles. The lowest BCUT2D eigenvalue weighted by Crippen LogP contribution is -2.30. The van der Waals surface area contributed by atoms with Gasteiger partial charge in [-0.25, -0.2) is 0 Å². The third-order valence-electron chi connectivity index (χ3n) is 3.93. The second kappa shape index (κ2) is 6.76. The number of halogens is 2. The molecule has 0 fully saturated rings. The SMILES string of the molecule is OC(Cc1ccccc1)(c1ccc(Cl)cc1)c1cccc(Cl)c1. The first-order valence-corrected chi connectivity index (χ1v) is 8.12. The maximum Gasteiger partial charge on any atom is 0.119 e. The van der Waals surface area contributed by atoms with Crippen LogP contribution in [0.2, 0.25) is 10.0 Å². The van der Waals surface area contributed by atoms with Crippen molar-refractivity contribution in [1.29, 1.82) is 0 Å². The number of hydrogen-bond donors (Lipinski definition) is 1. The molecule has 0 saturated carbocycles. The second-order valence-electron chi connectivity index (χ2n) is 5.54. The molecule has 0 saturated heterocycles. The van der Waals surface area contributed by atoms with Crippen molar-refractivity contribution in [3.05, 3.63) is 106 Å². The highest BCUT2D eigenvalue weighted by molar-refractivity contribution is 6.30. The molecule has 1 unspecified atom stereocenters. The van der Waals surface area contributed by atoms with Crippen LogP contribution in [0.3, 0.4) is 0 Å². The lowest BCUT2D eigenvalue weighted by molar-refractivity contribution is 0.0811. The summed E-state index contributed by atoms with van der Waals surface area (Å²) in [5, 5.41) is 12.8. The van der Waals surface area contributed by atoms with Gasteiger partial charge in [0, 0.05) is 16.5 Å². The predicted octanol–water partition coefficient (Wildman–Crippen LogP) is 5.47. The molecule has 0 spiro atoms. The van der Waals surface area contributed by atoms with Crippen LogP contribution < -0.4 is 0 Å². The van der Waals surface area contributed by atoms with E-state index in [1.54, 1.807) is 24.3 Å². The van der Waals surface area contributed by atoms with E-state index < -0.39 is 5.60 Å². The molecule has 0 heterocycles. The molecule has 23 heavy (non-hydrogen) atoms. The molecular weight excluding hydrogens is 327 g/mol. The van der Waals surface area contributed by atoms with Crippen molar-refractivity contribution in [2.45, 2.75) is 12.0 Å². The zero-order chi connectivity index (χ0) is 16.3. The fourth-order valence-electron chi connectivity index (χ4n) is 2.73. The Bertz CT molecular complexity index is 784. The van der Waals surface area contributed by atoms with Gasteiger partial charge in [0.1, 0.15) is 5.60 Å². The van der Waals surface area contributed by atoms with E-state index in [2.05, 4.69) is 0 Å². The molecule has 0 aromatic heterocycles. The Balaban J connectivity index is 2.10. The molecule has 1 nitrogen and oxygen atoms in total. The van der Waals surface area contributed by atoms with Gasteiger partial charge in [-0.3, -0.25) is 0 Å². The first kappa shape index (κ1) is 16.1. The van der Waals surface area contributed by atoms with Gasteiger partial charge < -0.3 is 5.11 Å². The van der Waals surface area contributed by atoms with Gasteiger partial charge in [0.15, 0.2) is 0 Å². The highest BCUT2D eigenvalue weighted by atomic mass is 35.5. The minimum absolute atomic E-state index is 0.454. The van der Waals surface area contributed by atoms with E-state index in [4.69, 9.17) is 23.2 Å². The maximum absolute atomic E-state index is 11.5. The van der Waals surface area contributed by atoms with Crippen molar-refractivity contribution in [1.82, 2.24) is 0 Å². The molecule has 0 aliphatic heterocycles. The standard InChI is InChI=1S/C20H16Cl2O/c21-18-11-9-16(10-12-18)20(23,14-15-5-2-1-3-6-15)17-7-4-8-19(22)13-17/h1-13,23H,14H2. The van der Waals surface area contributed by atoms with Crippen molar-refractivity contribution in [3.63, 3.8) is 0 Å². The summed E-state index contributed by atoms with van der Waals surface area (Å²) in [6.45, 7) is 0. The maximum atomic E-state index is 11.5. The Morgan fingerprint density at radius 2 is 1.39 bits per heavy atom. The summed E-state index contributed by atoms with van der Waals surface area (Å²) in [5.41, 5.74) is 1.42. The van der Waals surface area contributed by atoms with E-state index in [1.807, 2.05) is 54.6 Å². The second-order valence-corrected chi connectivity index (χ2v) is 6.41. The number of aliphatic hydroxyl groups is 1. The number of benzene rings is 3. The van der Waals surface area contributed by atoms with Crippen molar-refractivity contribution in [3.8, 4) is 0 Å². The molecule has 116 valence electrons. The fraction of sp³-hybridized carbons (Fsp3) is 0.100. The summed E-state index contributed by atoms with van der Waals surface area (Å²) in [7, 11) is 0. The molecule has 0 radical (unpaired) electrons. The van der Waals surface area contributed by atoms with Gasteiger partial charge >= 0.3 is 0 Å². The average Bonchev–Trinajstić information content (AvgIpc) is 2.56. The van der Waals surface area contributed by atoms with E-state index in [-0.39, 0.29) is 0 Å². The quantitative estimate of drug-likeness (QED) is 0.666. The average molecular weight is 343 g/mol. The van der Waals surface area contributed by atoms with Crippen LogP contribution in [0.4, 0.5) is 0 Å². The van der Waals surface area contributed by atoms with E-state index >= 15 is 0 Å². The van der Waals surface area contributed by atoms with Crippen molar-refractivity contribution in [2.24, 2.45) is 0 Å². The molecule has 0 aliphatic rings. The molecule has 3 heteroatoms. The van der Waals surface area contributed by atoms with Crippen LogP contribution in [0.15, 0.2) is 78.9 Å². The van der Waals surface area contributed by atoms with Crippen molar-refractivity contribution in [2.75, 3.05) is 0 Å². The summed E-state index contributed by atoms with van der Waals surface area (Å²) in [6.07, 6.45) is 0.454. The minimum atomic E-state index is -1.17. The lowest BCUT2D eigenvalue weighted by atomic mass is 9.81. The van der Waals surface area contributed by atoms with E-state index in [1.165, 1.54) is 0 Å². The van der Waals surface area contributed by atoms with Crippen LogP contribution in [0, 0.1) is 0 Å². The normalized spacial score (nSPS) is 13.5. The molecule has 0 aliphatic carbocycles. The minimum Gasteiger partial charge on any atom is -0.380 e. The van der Waals surface area contributed by atoms with Crippen molar-refractivity contribution >= 4 is 23.2 Å². The van der Waals surface area contributed by atoms with Crippen molar-refractivity contribution < 1.29 is 5.11 Å². The van der Waals surface area contributed by atoms with Gasteiger partial charge in [-0.15, -0.1) is 0 Å². The van der Waals surface area contributed by atoms with Crippen LogP contribution in [-0.2, 0) is 12.0 Å². The zero-order valence-corrected chi connectivity index (χ0v) is 13.9. The Kier molecular flexibility index (Phi) is 4.72. The third kappa shape index (κ3) is 3.59. The highest BCUT2D eigenvalue weighted by Gasteiger charge is 2.32. The summed E-state index contributed by atoms with van der Waals surface area (Å²) in [5.74, 6) is 0. The first-order chi connectivity index (χ1) is 11.1. The van der Waals surface area contributed by atoms with Gasteiger partial charge in [0.25, 0.3) is 0 Å². The van der Waals surface area contributed by atoms with Gasteiger partial charge in [-0.1, -0.05) is 77.8 Å². The Morgan fingerprint density at radius 1 is 0.696 bits per heavy atom. The van der Waals surface area contributed by atoms with Crippen LogP contribution in [0.1, 0.15) is 16.7 Å². The lowest BCUT2D eigenvalue weighted by Gasteiger charge is -2.30. The summed E-state index contributed by atoms with van der Waals surface area (Å²) in [6, 6.07) is 24.5. The molecule has 0 amide bonds. The van der Waals surface area contributed by atoms with Crippen LogP contribution in [-0.4, -0.2) is 5.11 Å². The van der Waals surface area contributed by atoms with Crippen LogP contribution in [0.25, 0.3) is 0 Å². The molecule has 0 bridgehead atoms. The largest absolute Gasteiger partial charge is 0.380 e. The smallest absolute Gasteiger partial charge is 0.119 e. The van der Waals surface area contributed by atoms with Gasteiger partial charge in [0.2, 0.25) is 0 Å². The van der Waals surface area contributed by atoms with Gasteiger partial charge in [0.05, 0.1) is 0 Å². The molecule has 1 N–H and O–H groups in total. The van der Waals surface area contributed by atoms with E-state index in [9.17, 15) is 5.11 Å². The van der Waals surface area contributed by atoms with Crippen LogP contribution >= 0.6 is 23.2 Å². The first-order valence-electron chi connectivity index (χ1n) is 7.36. The number of hydrogen-bond acceptors (Lipinski definition) is 1. The monoisotopic (exact) mass is 342 g/mol. The molecular formula is C20H16Cl2O. The van der Waals surface area contributed by atoms with E-state index in [0.717, 1.165) is 16.7 Å². The topological polar surface area (TPSA) is 20.2 Å². The summed E-state index contributed by atoms with van der Waals surface area (Å²) >= 11 is 12.1. The Hall–Kier alpha value is -1.80. The molecule has 3 aromatic rings. The Labute approximate surface area is 146 Å².